The molecule has 4 nitrogen and oxygen atoms in total. The number of likely N-dealkylation sites (tertiary alicyclic amines) is 1. The third kappa shape index (κ3) is 3.69. The van der Waals surface area contributed by atoms with Crippen molar-refractivity contribution < 1.29 is 9.15 Å². The summed E-state index contributed by atoms with van der Waals surface area (Å²) < 4.78 is 11.0. The van der Waals surface area contributed by atoms with Gasteiger partial charge in [-0.15, -0.1) is 0 Å². The maximum Gasteiger partial charge on any atom is 0.336 e. The molecule has 3 rings (SSSR count). The molecule has 0 unspecified atom stereocenters. The first-order valence-corrected chi connectivity index (χ1v) is 8.12. The van der Waals surface area contributed by atoms with Crippen LogP contribution in [0.1, 0.15) is 31.2 Å². The fourth-order valence-corrected chi connectivity index (χ4v) is 3.06. The van der Waals surface area contributed by atoms with Gasteiger partial charge in [0, 0.05) is 24.1 Å². The van der Waals surface area contributed by atoms with Crippen LogP contribution in [0.3, 0.4) is 0 Å². The van der Waals surface area contributed by atoms with Crippen molar-refractivity contribution in [2.45, 2.75) is 32.6 Å². The van der Waals surface area contributed by atoms with Crippen LogP contribution in [0.4, 0.5) is 0 Å². The van der Waals surface area contributed by atoms with Crippen LogP contribution >= 0.6 is 0 Å². The van der Waals surface area contributed by atoms with E-state index < -0.39 is 0 Å². The van der Waals surface area contributed by atoms with Crippen molar-refractivity contribution >= 4 is 11.0 Å². The Hall–Kier alpha value is -1.81. The van der Waals surface area contributed by atoms with Gasteiger partial charge in [-0.3, -0.25) is 0 Å². The van der Waals surface area contributed by atoms with Crippen LogP contribution in [0.2, 0.25) is 0 Å². The van der Waals surface area contributed by atoms with Crippen LogP contribution in [0, 0.1) is 6.92 Å². The zero-order valence-electron chi connectivity index (χ0n) is 13.1. The fraction of sp³-hybridized carbons (Fsp3) is 0.500. The van der Waals surface area contributed by atoms with Gasteiger partial charge in [0.2, 0.25) is 0 Å². The summed E-state index contributed by atoms with van der Waals surface area (Å²) in [6.07, 6.45) is 5.04. The summed E-state index contributed by atoms with van der Waals surface area (Å²) in [5, 5.41) is 0.959. The molecule has 1 saturated heterocycles. The Kier molecular flexibility index (Phi) is 4.78. The van der Waals surface area contributed by atoms with E-state index in [2.05, 4.69) is 4.90 Å². The van der Waals surface area contributed by atoms with Crippen LogP contribution < -0.4 is 10.4 Å². The highest BCUT2D eigenvalue weighted by Crippen LogP contribution is 2.22. The standard InChI is InChI=1S/C18H23NO3/c1-14-12-18(20)22-17-13-15(6-7-16(14)17)21-11-5-10-19-8-3-2-4-9-19/h6-7,12-13H,2-5,8-11H2,1H3. The van der Waals surface area contributed by atoms with Gasteiger partial charge in [0.15, 0.2) is 0 Å². The molecule has 1 aromatic carbocycles. The van der Waals surface area contributed by atoms with Crippen LogP contribution in [0.15, 0.2) is 33.5 Å². The Morgan fingerprint density at radius 1 is 1.18 bits per heavy atom. The van der Waals surface area contributed by atoms with Crippen LogP contribution in [0.25, 0.3) is 11.0 Å². The Bertz CT molecular complexity index is 686. The Morgan fingerprint density at radius 3 is 2.82 bits per heavy atom. The summed E-state index contributed by atoms with van der Waals surface area (Å²) in [5.41, 5.74) is 1.22. The summed E-state index contributed by atoms with van der Waals surface area (Å²) >= 11 is 0. The predicted octanol–water partition coefficient (Wildman–Crippen LogP) is 3.36. The van der Waals surface area contributed by atoms with Gasteiger partial charge in [0.05, 0.1) is 6.61 Å². The summed E-state index contributed by atoms with van der Waals surface area (Å²) in [6.45, 7) is 6.15. The van der Waals surface area contributed by atoms with Crippen LogP contribution in [-0.2, 0) is 0 Å². The van der Waals surface area contributed by atoms with Crippen molar-refractivity contribution in [1.82, 2.24) is 4.90 Å². The van der Waals surface area contributed by atoms with Crippen molar-refractivity contribution in [3.05, 3.63) is 40.2 Å². The van der Waals surface area contributed by atoms with Crippen molar-refractivity contribution in [1.29, 1.82) is 0 Å². The van der Waals surface area contributed by atoms with Gasteiger partial charge < -0.3 is 14.1 Å². The van der Waals surface area contributed by atoms with Crippen LogP contribution in [0.5, 0.6) is 5.75 Å². The first kappa shape index (κ1) is 15.1. The van der Waals surface area contributed by atoms with E-state index in [4.69, 9.17) is 9.15 Å². The van der Waals surface area contributed by atoms with Gasteiger partial charge in [-0.2, -0.15) is 0 Å². The third-order valence-corrected chi connectivity index (χ3v) is 4.26. The number of rotatable bonds is 5. The lowest BCUT2D eigenvalue weighted by atomic mass is 10.1. The highest BCUT2D eigenvalue weighted by atomic mass is 16.5. The molecule has 1 fully saturated rings. The van der Waals surface area contributed by atoms with E-state index in [-0.39, 0.29) is 5.63 Å². The van der Waals surface area contributed by atoms with Gasteiger partial charge in [-0.25, -0.2) is 4.79 Å². The second-order valence-corrected chi connectivity index (χ2v) is 6.01. The zero-order valence-corrected chi connectivity index (χ0v) is 13.1. The van der Waals surface area contributed by atoms with E-state index in [1.54, 1.807) is 0 Å². The molecule has 0 spiro atoms. The minimum Gasteiger partial charge on any atom is -0.493 e. The topological polar surface area (TPSA) is 42.7 Å². The smallest absolute Gasteiger partial charge is 0.336 e. The molecule has 1 aliphatic rings. The molecule has 0 bridgehead atoms. The van der Waals surface area contributed by atoms with Crippen molar-refractivity contribution in [2.24, 2.45) is 0 Å². The van der Waals surface area contributed by atoms with E-state index >= 15 is 0 Å². The number of hydrogen-bond donors (Lipinski definition) is 0. The van der Waals surface area contributed by atoms with E-state index in [0.717, 1.165) is 29.7 Å². The maximum absolute atomic E-state index is 11.4. The van der Waals surface area contributed by atoms with Gasteiger partial charge in [0.1, 0.15) is 11.3 Å². The lowest BCUT2D eigenvalue weighted by Gasteiger charge is -2.26. The minimum absolute atomic E-state index is 0.313. The van der Waals surface area contributed by atoms with Crippen LogP contribution in [-0.4, -0.2) is 31.1 Å². The normalized spacial score (nSPS) is 16.0. The van der Waals surface area contributed by atoms with Gasteiger partial charge in [-0.05, 0) is 57.0 Å². The summed E-state index contributed by atoms with van der Waals surface area (Å²) in [5.74, 6) is 0.764. The van der Waals surface area contributed by atoms with Crippen molar-refractivity contribution in [2.75, 3.05) is 26.2 Å². The largest absolute Gasteiger partial charge is 0.493 e. The Balaban J connectivity index is 1.56. The molecule has 0 aliphatic carbocycles. The molecule has 1 aromatic heterocycles. The fourth-order valence-electron chi connectivity index (χ4n) is 3.06. The molecule has 0 atom stereocenters. The molecule has 0 amide bonds. The number of aryl methyl sites for hydroxylation is 1. The van der Waals surface area contributed by atoms with Crippen molar-refractivity contribution in [3.8, 4) is 5.75 Å². The summed E-state index contributed by atoms with van der Waals surface area (Å²) in [4.78, 5) is 13.9. The third-order valence-electron chi connectivity index (χ3n) is 4.26. The number of piperidine rings is 1. The molecule has 2 aromatic rings. The maximum atomic E-state index is 11.4. The highest BCUT2D eigenvalue weighted by Gasteiger charge is 2.09. The van der Waals surface area contributed by atoms with Gasteiger partial charge >= 0.3 is 5.63 Å². The number of nitrogens with zero attached hydrogens (tertiary/aromatic N) is 1. The number of ether oxygens (including phenoxy) is 1. The minimum atomic E-state index is -0.313. The molecular formula is C18H23NO3. The van der Waals surface area contributed by atoms with E-state index in [9.17, 15) is 4.79 Å². The molecule has 0 saturated carbocycles. The lowest BCUT2D eigenvalue weighted by Crippen LogP contribution is -2.31. The first-order chi connectivity index (χ1) is 10.7. The summed E-state index contributed by atoms with van der Waals surface area (Å²) in [7, 11) is 0. The Labute approximate surface area is 130 Å². The second kappa shape index (κ2) is 6.97. The molecule has 0 N–H and O–H groups in total. The van der Waals surface area contributed by atoms with E-state index in [0.29, 0.717) is 12.2 Å². The average Bonchev–Trinajstić information content (AvgIpc) is 2.52. The predicted molar refractivity (Wildman–Crippen MR) is 87.6 cm³/mol. The molecule has 2 heterocycles. The lowest BCUT2D eigenvalue weighted by molar-refractivity contribution is 0.205. The Morgan fingerprint density at radius 2 is 2.00 bits per heavy atom. The molecule has 4 heteroatoms. The zero-order chi connectivity index (χ0) is 15.4. The number of hydrogen-bond acceptors (Lipinski definition) is 4. The van der Waals surface area contributed by atoms with E-state index in [1.807, 2.05) is 25.1 Å². The van der Waals surface area contributed by atoms with Gasteiger partial charge in [-0.1, -0.05) is 6.42 Å². The molecule has 1 aliphatic heterocycles. The number of benzene rings is 1. The first-order valence-electron chi connectivity index (χ1n) is 8.12. The average molecular weight is 301 g/mol. The molecule has 22 heavy (non-hydrogen) atoms. The quantitative estimate of drug-likeness (QED) is 0.627. The molecule has 0 radical (unpaired) electrons. The van der Waals surface area contributed by atoms with Crippen molar-refractivity contribution in [3.63, 3.8) is 0 Å². The monoisotopic (exact) mass is 301 g/mol. The highest BCUT2D eigenvalue weighted by molar-refractivity contribution is 5.81. The molecule has 118 valence electrons. The van der Waals surface area contributed by atoms with Gasteiger partial charge in [0.25, 0.3) is 0 Å². The summed E-state index contributed by atoms with van der Waals surface area (Å²) in [6, 6.07) is 7.22. The second-order valence-electron chi connectivity index (χ2n) is 6.01. The SMILES string of the molecule is Cc1cc(=O)oc2cc(OCCCN3CCCCC3)ccc12. The molecular weight excluding hydrogens is 278 g/mol. The van der Waals surface area contributed by atoms with E-state index in [1.165, 1.54) is 38.4 Å². The number of fused-ring (bicyclic) bond motifs is 1.